The molecule has 7 nitrogen and oxygen atoms in total. The third-order valence-corrected chi connectivity index (χ3v) is 2.97. The molecule has 0 atom stereocenters. The van der Waals surface area contributed by atoms with E-state index in [9.17, 15) is 9.59 Å². The smallest absolute Gasteiger partial charge is 0.305 e. The topological polar surface area (TPSA) is 101 Å². The van der Waals surface area contributed by atoms with Gasteiger partial charge in [0.25, 0.3) is 5.91 Å². The Morgan fingerprint density at radius 1 is 1.38 bits per heavy atom. The molecule has 1 aromatic heterocycles. The highest BCUT2D eigenvalue weighted by atomic mass is 16.4. The van der Waals surface area contributed by atoms with Gasteiger partial charge in [-0.3, -0.25) is 14.3 Å². The van der Waals surface area contributed by atoms with E-state index in [2.05, 4.69) is 5.10 Å². The first-order valence-corrected chi connectivity index (χ1v) is 6.36. The molecule has 0 aliphatic carbocycles. The third kappa shape index (κ3) is 3.38. The molecule has 0 spiro atoms. The van der Waals surface area contributed by atoms with Crippen molar-refractivity contribution in [3.8, 4) is 0 Å². The molecule has 1 heterocycles. The van der Waals surface area contributed by atoms with Crippen molar-refractivity contribution in [2.24, 2.45) is 7.05 Å². The van der Waals surface area contributed by atoms with Crippen molar-refractivity contribution >= 4 is 23.3 Å². The number of nitrogen functional groups attached to an aromatic ring is 1. The molecule has 0 fully saturated rings. The van der Waals surface area contributed by atoms with E-state index in [1.54, 1.807) is 37.5 Å². The van der Waals surface area contributed by atoms with Gasteiger partial charge in [0, 0.05) is 19.8 Å². The zero-order chi connectivity index (χ0) is 15.4. The number of carboxylic acids is 1. The van der Waals surface area contributed by atoms with Crippen LogP contribution in [0.15, 0.2) is 36.7 Å². The van der Waals surface area contributed by atoms with Crippen LogP contribution in [0.4, 0.5) is 11.4 Å². The van der Waals surface area contributed by atoms with Crippen molar-refractivity contribution in [1.82, 2.24) is 9.78 Å². The van der Waals surface area contributed by atoms with Crippen LogP contribution in [0.5, 0.6) is 0 Å². The summed E-state index contributed by atoms with van der Waals surface area (Å²) in [6.07, 6.45) is 2.85. The van der Waals surface area contributed by atoms with Crippen molar-refractivity contribution in [2.45, 2.75) is 6.42 Å². The summed E-state index contributed by atoms with van der Waals surface area (Å²) in [7, 11) is 1.70. The van der Waals surface area contributed by atoms with Gasteiger partial charge in [-0.05, 0) is 12.1 Å². The second-order valence-electron chi connectivity index (χ2n) is 4.56. The number of hydrogen-bond acceptors (Lipinski definition) is 4. The number of carbonyl (C=O) groups is 2. The first-order valence-electron chi connectivity index (χ1n) is 6.36. The number of carbonyl (C=O) groups excluding carboxylic acids is 1. The second-order valence-corrected chi connectivity index (χ2v) is 4.56. The van der Waals surface area contributed by atoms with Crippen LogP contribution in [-0.4, -0.2) is 33.3 Å². The largest absolute Gasteiger partial charge is 0.481 e. The summed E-state index contributed by atoms with van der Waals surface area (Å²) in [5.41, 5.74) is 7.18. The number of anilines is 2. The van der Waals surface area contributed by atoms with Gasteiger partial charge in [0.2, 0.25) is 0 Å². The minimum Gasteiger partial charge on any atom is -0.481 e. The first kappa shape index (κ1) is 14.6. The van der Waals surface area contributed by atoms with E-state index in [-0.39, 0.29) is 18.9 Å². The van der Waals surface area contributed by atoms with Crippen LogP contribution in [0.2, 0.25) is 0 Å². The lowest BCUT2D eigenvalue weighted by Gasteiger charge is -2.23. The molecule has 0 unspecified atom stereocenters. The van der Waals surface area contributed by atoms with Gasteiger partial charge in [0.15, 0.2) is 0 Å². The average Bonchev–Trinajstić information content (AvgIpc) is 2.87. The van der Waals surface area contributed by atoms with Gasteiger partial charge in [-0.2, -0.15) is 5.10 Å². The number of nitrogens with zero attached hydrogens (tertiary/aromatic N) is 3. The Morgan fingerprint density at radius 2 is 2.10 bits per heavy atom. The van der Waals surface area contributed by atoms with Gasteiger partial charge in [0.05, 0.1) is 29.6 Å². The van der Waals surface area contributed by atoms with Crippen molar-refractivity contribution < 1.29 is 14.7 Å². The van der Waals surface area contributed by atoms with Gasteiger partial charge in [-0.25, -0.2) is 0 Å². The molecule has 0 saturated carbocycles. The molecule has 110 valence electrons. The van der Waals surface area contributed by atoms with Crippen LogP contribution in [-0.2, 0) is 11.8 Å². The Hall–Kier alpha value is -2.83. The number of aryl methyl sites for hydroxylation is 1. The lowest BCUT2D eigenvalue weighted by molar-refractivity contribution is -0.136. The number of amides is 1. The van der Waals surface area contributed by atoms with Crippen LogP contribution in [0.1, 0.15) is 16.8 Å². The zero-order valence-corrected chi connectivity index (χ0v) is 11.6. The highest BCUT2D eigenvalue weighted by Crippen LogP contribution is 2.24. The number of aromatic nitrogens is 2. The normalized spacial score (nSPS) is 10.3. The van der Waals surface area contributed by atoms with Crippen LogP contribution in [0.3, 0.4) is 0 Å². The van der Waals surface area contributed by atoms with E-state index >= 15 is 0 Å². The van der Waals surface area contributed by atoms with Gasteiger partial charge < -0.3 is 15.7 Å². The maximum Gasteiger partial charge on any atom is 0.305 e. The van der Waals surface area contributed by atoms with E-state index in [1.165, 1.54) is 15.8 Å². The van der Waals surface area contributed by atoms with Crippen LogP contribution >= 0.6 is 0 Å². The number of para-hydroxylation sites is 2. The summed E-state index contributed by atoms with van der Waals surface area (Å²) in [4.78, 5) is 24.7. The van der Waals surface area contributed by atoms with Crippen LogP contribution in [0, 0.1) is 0 Å². The predicted octanol–water partition coefficient (Wildman–Crippen LogP) is 1.12. The first-order chi connectivity index (χ1) is 9.99. The predicted molar refractivity (Wildman–Crippen MR) is 78.0 cm³/mol. The average molecular weight is 288 g/mol. The summed E-state index contributed by atoms with van der Waals surface area (Å²) in [6, 6.07) is 6.85. The van der Waals surface area contributed by atoms with E-state index in [0.29, 0.717) is 16.9 Å². The Bertz CT molecular complexity index is 666. The standard InChI is InChI=1S/C14H16N4O3/c1-17-9-10(8-16-17)14(21)18(7-6-13(19)20)12-5-3-2-4-11(12)15/h2-5,8-9H,6-7,15H2,1H3,(H,19,20). The molecule has 0 bridgehead atoms. The van der Waals surface area contributed by atoms with Crippen molar-refractivity contribution in [2.75, 3.05) is 17.2 Å². The lowest BCUT2D eigenvalue weighted by Crippen LogP contribution is -2.33. The van der Waals surface area contributed by atoms with Gasteiger partial charge >= 0.3 is 5.97 Å². The van der Waals surface area contributed by atoms with E-state index in [0.717, 1.165) is 0 Å². The molecule has 1 aromatic carbocycles. The molecule has 0 aliphatic rings. The minimum atomic E-state index is -0.978. The number of nitrogens with two attached hydrogens (primary N) is 1. The minimum absolute atomic E-state index is 0.0390. The summed E-state index contributed by atoms with van der Waals surface area (Å²) in [5.74, 6) is -1.31. The van der Waals surface area contributed by atoms with Gasteiger partial charge in [-0.1, -0.05) is 12.1 Å². The van der Waals surface area contributed by atoms with Crippen molar-refractivity contribution in [1.29, 1.82) is 0 Å². The fourth-order valence-corrected chi connectivity index (χ4v) is 1.96. The third-order valence-electron chi connectivity index (χ3n) is 2.97. The summed E-state index contributed by atoms with van der Waals surface area (Å²) >= 11 is 0. The molecule has 2 rings (SSSR count). The van der Waals surface area contributed by atoms with E-state index in [4.69, 9.17) is 10.8 Å². The SMILES string of the molecule is Cn1cc(C(=O)N(CCC(=O)O)c2ccccc2N)cn1. The molecule has 3 N–H and O–H groups in total. The van der Waals surface area contributed by atoms with Crippen LogP contribution < -0.4 is 10.6 Å². The lowest BCUT2D eigenvalue weighted by atomic mass is 10.2. The fourth-order valence-electron chi connectivity index (χ4n) is 1.96. The quantitative estimate of drug-likeness (QED) is 0.803. The monoisotopic (exact) mass is 288 g/mol. The maximum absolute atomic E-state index is 12.5. The number of carboxylic acid groups (broad SMARTS) is 1. The maximum atomic E-state index is 12.5. The van der Waals surface area contributed by atoms with E-state index < -0.39 is 5.97 Å². The molecule has 2 aromatic rings. The molecule has 1 amide bonds. The highest BCUT2D eigenvalue weighted by molar-refractivity contribution is 6.07. The molecule has 0 radical (unpaired) electrons. The molecular weight excluding hydrogens is 272 g/mol. The summed E-state index contributed by atoms with van der Waals surface area (Å²) in [5, 5.41) is 12.8. The molecule has 0 saturated heterocycles. The Balaban J connectivity index is 2.34. The van der Waals surface area contributed by atoms with Gasteiger partial charge in [-0.15, -0.1) is 0 Å². The Kier molecular flexibility index (Phi) is 4.22. The summed E-state index contributed by atoms with van der Waals surface area (Å²) < 4.78 is 1.51. The zero-order valence-electron chi connectivity index (χ0n) is 11.6. The highest BCUT2D eigenvalue weighted by Gasteiger charge is 2.21. The number of rotatable bonds is 5. The molecule has 21 heavy (non-hydrogen) atoms. The Labute approximate surface area is 121 Å². The molecule has 0 aliphatic heterocycles. The number of hydrogen-bond donors (Lipinski definition) is 2. The number of aliphatic carboxylic acids is 1. The van der Waals surface area contributed by atoms with E-state index in [1.807, 2.05) is 0 Å². The molecular formula is C14H16N4O3. The fraction of sp³-hybridized carbons (Fsp3) is 0.214. The Morgan fingerprint density at radius 3 is 2.67 bits per heavy atom. The van der Waals surface area contributed by atoms with Crippen molar-refractivity contribution in [3.05, 3.63) is 42.2 Å². The van der Waals surface area contributed by atoms with Crippen molar-refractivity contribution in [3.63, 3.8) is 0 Å². The number of benzene rings is 1. The van der Waals surface area contributed by atoms with Gasteiger partial charge in [0.1, 0.15) is 0 Å². The molecule has 7 heteroatoms. The second kappa shape index (κ2) is 6.08. The van der Waals surface area contributed by atoms with Crippen LogP contribution in [0.25, 0.3) is 0 Å². The summed E-state index contributed by atoms with van der Waals surface area (Å²) in [6.45, 7) is 0.0390.